The number of amides is 4. The van der Waals surface area contributed by atoms with E-state index in [-0.39, 0.29) is 38.2 Å². The van der Waals surface area contributed by atoms with Gasteiger partial charge in [-0.15, -0.1) is 0 Å². The summed E-state index contributed by atoms with van der Waals surface area (Å²) < 4.78 is 50.5. The number of carbonyl (C=O) groups is 5. The van der Waals surface area contributed by atoms with E-state index in [4.69, 9.17) is 18.9 Å². The van der Waals surface area contributed by atoms with Gasteiger partial charge in [-0.1, -0.05) is 30.4 Å². The molecule has 0 aromatic heterocycles. The van der Waals surface area contributed by atoms with Crippen LogP contribution < -0.4 is 20.1 Å². The number of esters is 1. The van der Waals surface area contributed by atoms with Crippen molar-refractivity contribution in [3.05, 3.63) is 72.3 Å². The summed E-state index contributed by atoms with van der Waals surface area (Å²) in [6, 6.07) is 12.9. The Morgan fingerprint density at radius 1 is 1.00 bits per heavy atom. The molecule has 0 bridgehead atoms. The van der Waals surface area contributed by atoms with E-state index in [0.29, 0.717) is 37.2 Å². The second kappa shape index (κ2) is 15.8. The number of benzene rings is 2. The van der Waals surface area contributed by atoms with E-state index >= 15 is 0 Å². The van der Waals surface area contributed by atoms with Crippen molar-refractivity contribution in [2.24, 2.45) is 5.92 Å². The van der Waals surface area contributed by atoms with E-state index in [1.54, 1.807) is 51.1 Å². The van der Waals surface area contributed by atoms with Crippen LogP contribution in [0.2, 0.25) is 0 Å². The summed E-state index contributed by atoms with van der Waals surface area (Å²) in [6.45, 7) is 4.80. The smallest absolute Gasteiger partial charge is 0.408 e. The van der Waals surface area contributed by atoms with Crippen molar-refractivity contribution < 1.29 is 51.3 Å². The molecule has 0 spiro atoms. The Hall–Kier alpha value is -4.96. The van der Waals surface area contributed by atoms with Gasteiger partial charge < -0.3 is 34.5 Å². The van der Waals surface area contributed by atoms with Crippen LogP contribution >= 0.6 is 0 Å². The molecule has 3 fully saturated rings. The first-order valence-electron chi connectivity index (χ1n) is 18.1. The zero-order valence-corrected chi connectivity index (χ0v) is 31.3. The van der Waals surface area contributed by atoms with Crippen molar-refractivity contribution in [1.82, 2.24) is 20.3 Å². The Bertz CT molecular complexity index is 1880. The van der Waals surface area contributed by atoms with Crippen molar-refractivity contribution in [2.45, 2.75) is 93.9 Å². The number of rotatable bonds is 8. The SMILES string of the molecule is CC(C)(C)OC(=O)N[C@H]1COCCCC=C[C@@H]2C[C@@]2(C(=O)NS(=O)(=O)C2CC2)NC(=O)[C@@H]2C[C@@H](OC(=O)c3ccc(Oc4ccccc4)cc3)CN2C1=O. The molecule has 2 aliphatic carbocycles. The Morgan fingerprint density at radius 3 is 2.39 bits per heavy atom. The van der Waals surface area contributed by atoms with Gasteiger partial charge in [0, 0.05) is 18.9 Å². The van der Waals surface area contributed by atoms with Crippen LogP contribution in [0.1, 0.15) is 69.7 Å². The molecule has 15 nitrogen and oxygen atoms in total. The molecule has 290 valence electrons. The van der Waals surface area contributed by atoms with E-state index in [1.807, 2.05) is 24.3 Å². The number of nitrogens with one attached hydrogen (secondary N) is 3. The predicted octanol–water partition coefficient (Wildman–Crippen LogP) is 3.35. The molecule has 0 unspecified atom stereocenters. The summed E-state index contributed by atoms with van der Waals surface area (Å²) in [7, 11) is -3.93. The Morgan fingerprint density at radius 2 is 1.70 bits per heavy atom. The minimum atomic E-state index is -3.93. The van der Waals surface area contributed by atoms with Gasteiger partial charge in [-0.3, -0.25) is 19.1 Å². The molecule has 0 radical (unpaired) electrons. The molecular formula is C38H46N4O11S. The highest BCUT2D eigenvalue weighted by molar-refractivity contribution is 7.91. The van der Waals surface area contributed by atoms with Crippen molar-refractivity contribution in [3.63, 3.8) is 0 Å². The summed E-state index contributed by atoms with van der Waals surface area (Å²) in [5, 5.41) is 4.67. The van der Waals surface area contributed by atoms with E-state index in [9.17, 15) is 32.4 Å². The van der Waals surface area contributed by atoms with Crippen LogP contribution in [0.5, 0.6) is 11.5 Å². The summed E-state index contributed by atoms with van der Waals surface area (Å²) >= 11 is 0. The first-order chi connectivity index (χ1) is 25.6. The minimum Gasteiger partial charge on any atom is -0.457 e. The maximum Gasteiger partial charge on any atom is 0.408 e. The number of carbonyl (C=O) groups excluding carboxylic acids is 5. The standard InChI is InChI=1S/C38H46N4O11S/c1-37(2,3)53-36(47)39-30-23-50-19-9-5-6-10-25-21-38(25,35(46)41-54(48,49)29-17-18-29)40-32(43)31-20-28(22-42(31)33(30)44)52-34(45)24-13-15-27(16-14-24)51-26-11-7-4-8-12-26/h4,6-8,10-16,25,28-31H,5,9,17-23H2,1-3H3,(H,39,47)(H,40,43)(H,41,46)/t25-,28-,30+,31+,38-/m1/s1. The Kier molecular flexibility index (Phi) is 11.3. The monoisotopic (exact) mass is 766 g/mol. The number of sulfonamides is 1. The fourth-order valence-electron chi connectivity index (χ4n) is 6.43. The number of fused-ring (bicyclic) bond motifs is 2. The van der Waals surface area contributed by atoms with Crippen LogP contribution in [-0.4, -0.2) is 97.4 Å². The van der Waals surface area contributed by atoms with Crippen LogP contribution in [0, 0.1) is 5.92 Å². The van der Waals surface area contributed by atoms with Gasteiger partial charge >= 0.3 is 12.1 Å². The largest absolute Gasteiger partial charge is 0.457 e. The third-order valence-electron chi connectivity index (χ3n) is 9.46. The Balaban J connectivity index is 1.23. The molecule has 6 rings (SSSR count). The number of nitrogens with zero attached hydrogens (tertiary/aromatic N) is 1. The van der Waals surface area contributed by atoms with Crippen molar-refractivity contribution in [2.75, 3.05) is 19.8 Å². The van der Waals surface area contributed by atoms with Gasteiger partial charge in [-0.2, -0.15) is 0 Å². The van der Waals surface area contributed by atoms with Crippen molar-refractivity contribution in [1.29, 1.82) is 0 Å². The lowest BCUT2D eigenvalue weighted by molar-refractivity contribution is -0.142. The highest BCUT2D eigenvalue weighted by Crippen LogP contribution is 2.46. The molecule has 2 aliphatic heterocycles. The predicted molar refractivity (Wildman–Crippen MR) is 194 cm³/mol. The first-order valence-corrected chi connectivity index (χ1v) is 19.6. The van der Waals surface area contributed by atoms with Crippen LogP contribution in [0.4, 0.5) is 4.79 Å². The molecule has 5 atom stereocenters. The fraction of sp³-hybridized carbons (Fsp3) is 0.500. The van der Waals surface area contributed by atoms with Crippen molar-refractivity contribution >= 4 is 39.8 Å². The lowest BCUT2D eigenvalue weighted by atomic mass is 10.1. The van der Waals surface area contributed by atoms with Crippen LogP contribution in [0.15, 0.2) is 66.7 Å². The fourth-order valence-corrected chi connectivity index (χ4v) is 7.80. The average molecular weight is 767 g/mol. The molecule has 2 aromatic rings. The normalized spacial score (nSPS) is 26.2. The second-order valence-corrected chi connectivity index (χ2v) is 17.0. The third kappa shape index (κ3) is 9.58. The van der Waals surface area contributed by atoms with Gasteiger partial charge in [0.25, 0.3) is 5.91 Å². The summed E-state index contributed by atoms with van der Waals surface area (Å²) in [6.07, 6.45) is 3.75. The maximum atomic E-state index is 14.2. The number of ether oxygens (including phenoxy) is 4. The first kappa shape index (κ1) is 38.8. The zero-order valence-electron chi connectivity index (χ0n) is 30.4. The molecule has 2 saturated carbocycles. The topological polar surface area (TPSA) is 196 Å². The molecule has 4 aliphatic rings. The van der Waals surface area contributed by atoms with Crippen molar-refractivity contribution in [3.8, 4) is 11.5 Å². The number of para-hydroxylation sites is 1. The third-order valence-corrected chi connectivity index (χ3v) is 11.3. The number of hydrogen-bond donors (Lipinski definition) is 3. The van der Waals surface area contributed by atoms with E-state index in [0.717, 1.165) is 0 Å². The Labute approximate surface area is 314 Å². The summed E-state index contributed by atoms with van der Waals surface area (Å²) in [5.41, 5.74) is -2.24. The molecule has 4 amide bonds. The van der Waals surface area contributed by atoms with Crippen LogP contribution in [-0.2, 0) is 38.6 Å². The van der Waals surface area contributed by atoms with Crippen LogP contribution in [0.3, 0.4) is 0 Å². The van der Waals surface area contributed by atoms with Crippen LogP contribution in [0.25, 0.3) is 0 Å². The lowest BCUT2D eigenvalue weighted by Crippen LogP contribution is -2.59. The zero-order chi connectivity index (χ0) is 38.7. The minimum absolute atomic E-state index is 0.142. The van der Waals surface area contributed by atoms with Gasteiger partial charge in [0.1, 0.15) is 40.8 Å². The molecule has 2 heterocycles. The lowest BCUT2D eigenvalue weighted by Gasteiger charge is -2.30. The molecule has 1 saturated heterocycles. The molecular weight excluding hydrogens is 721 g/mol. The van der Waals surface area contributed by atoms with E-state index < -0.39 is 80.3 Å². The van der Waals surface area contributed by atoms with Gasteiger partial charge in [-0.25, -0.2) is 18.0 Å². The highest BCUT2D eigenvalue weighted by atomic mass is 32.2. The molecule has 2 aromatic carbocycles. The number of alkyl carbamates (subject to hydrolysis) is 1. The number of allylic oxidation sites excluding steroid dienone is 1. The van der Waals surface area contributed by atoms with Gasteiger partial charge in [-0.05, 0) is 89.3 Å². The van der Waals surface area contributed by atoms with E-state index in [1.165, 1.54) is 17.0 Å². The quantitative estimate of drug-likeness (QED) is 0.263. The van der Waals surface area contributed by atoms with Gasteiger partial charge in [0.2, 0.25) is 21.8 Å². The number of hydrogen-bond acceptors (Lipinski definition) is 11. The van der Waals surface area contributed by atoms with Gasteiger partial charge in [0.05, 0.1) is 24.0 Å². The molecule has 54 heavy (non-hydrogen) atoms. The molecule has 16 heteroatoms. The summed E-state index contributed by atoms with van der Waals surface area (Å²) in [4.78, 5) is 69.4. The van der Waals surface area contributed by atoms with Gasteiger partial charge in [0.15, 0.2) is 0 Å². The second-order valence-electron chi connectivity index (χ2n) is 15.0. The van der Waals surface area contributed by atoms with E-state index in [2.05, 4.69) is 15.4 Å². The maximum absolute atomic E-state index is 14.2. The highest BCUT2D eigenvalue weighted by Gasteiger charge is 2.62. The summed E-state index contributed by atoms with van der Waals surface area (Å²) in [5.74, 6) is -2.39. The average Bonchev–Trinajstić information content (AvgIpc) is 4.04. The molecule has 3 N–H and O–H groups in total.